The molecule has 3 aromatic rings. The maximum atomic E-state index is 12.6. The molecule has 0 aliphatic carbocycles. The number of unbranched alkanes of at least 4 members (excludes halogenated alkanes) is 1. The first-order valence-electron chi connectivity index (χ1n) is 10.7. The van der Waals surface area contributed by atoms with Gasteiger partial charge in [0.25, 0.3) is 5.56 Å². The van der Waals surface area contributed by atoms with Crippen molar-refractivity contribution >= 4 is 21.6 Å². The number of fused-ring (bicyclic) bond motifs is 1. The van der Waals surface area contributed by atoms with Gasteiger partial charge in [0.1, 0.15) is 5.75 Å². The zero-order chi connectivity index (χ0) is 20.1. The Bertz CT molecular complexity index is 971. The molecule has 4 nitrogen and oxygen atoms in total. The summed E-state index contributed by atoms with van der Waals surface area (Å²) in [6.07, 6.45) is 6.17. The van der Waals surface area contributed by atoms with E-state index in [2.05, 4.69) is 35.2 Å². The van der Waals surface area contributed by atoms with Crippen molar-refractivity contribution in [3.8, 4) is 5.75 Å². The lowest BCUT2D eigenvalue weighted by atomic mass is 9.91. The highest BCUT2D eigenvalue weighted by molar-refractivity contribution is 7.13. The molecule has 5 heteroatoms. The molecule has 2 aromatic carbocycles. The lowest BCUT2D eigenvalue weighted by Gasteiger charge is -2.32. The Hall–Kier alpha value is -2.11. The van der Waals surface area contributed by atoms with Gasteiger partial charge < -0.3 is 4.74 Å². The Morgan fingerprint density at radius 1 is 1.07 bits per heavy atom. The maximum absolute atomic E-state index is 12.6. The molecule has 1 fully saturated rings. The number of benzene rings is 2. The van der Waals surface area contributed by atoms with E-state index in [0.717, 1.165) is 41.3 Å². The van der Waals surface area contributed by atoms with Gasteiger partial charge in [-0.3, -0.25) is 13.7 Å². The van der Waals surface area contributed by atoms with Crippen LogP contribution in [0.5, 0.6) is 5.75 Å². The SMILES string of the molecule is COc1ccc2sn(CCCCC3CCN(Cc4ccccc4)CC3)c(=O)c2c1. The number of piperidine rings is 1. The average molecular weight is 411 g/mol. The molecule has 0 N–H and O–H groups in total. The van der Waals surface area contributed by atoms with Gasteiger partial charge in [0.15, 0.2) is 0 Å². The molecular formula is C24H30N2O2S. The predicted molar refractivity (Wildman–Crippen MR) is 121 cm³/mol. The number of likely N-dealkylation sites (tertiary alicyclic amines) is 1. The van der Waals surface area contributed by atoms with Crippen molar-refractivity contribution in [2.75, 3.05) is 20.2 Å². The van der Waals surface area contributed by atoms with E-state index in [1.165, 1.54) is 44.3 Å². The van der Waals surface area contributed by atoms with Crippen LogP contribution in [-0.4, -0.2) is 29.1 Å². The monoisotopic (exact) mass is 410 g/mol. The number of nitrogens with zero attached hydrogens (tertiary/aromatic N) is 2. The van der Waals surface area contributed by atoms with Crippen molar-refractivity contribution in [1.29, 1.82) is 0 Å². The van der Waals surface area contributed by atoms with Crippen LogP contribution in [0.4, 0.5) is 0 Å². The Labute approximate surface area is 176 Å². The molecular weight excluding hydrogens is 380 g/mol. The van der Waals surface area contributed by atoms with Crippen molar-refractivity contribution in [2.24, 2.45) is 5.92 Å². The van der Waals surface area contributed by atoms with Crippen molar-refractivity contribution in [2.45, 2.75) is 45.2 Å². The normalized spacial score (nSPS) is 15.8. The van der Waals surface area contributed by atoms with Gasteiger partial charge in [-0.2, -0.15) is 0 Å². The first-order chi connectivity index (χ1) is 14.2. The lowest BCUT2D eigenvalue weighted by Crippen LogP contribution is -2.33. The molecule has 0 bridgehead atoms. The van der Waals surface area contributed by atoms with E-state index in [4.69, 9.17) is 4.74 Å². The van der Waals surface area contributed by atoms with Crippen molar-refractivity contribution in [1.82, 2.24) is 8.86 Å². The zero-order valence-electron chi connectivity index (χ0n) is 17.2. The molecule has 2 heterocycles. The molecule has 1 saturated heterocycles. The summed E-state index contributed by atoms with van der Waals surface area (Å²) in [5.74, 6) is 1.59. The molecule has 1 aromatic heterocycles. The summed E-state index contributed by atoms with van der Waals surface area (Å²) in [5, 5.41) is 0.778. The van der Waals surface area contributed by atoms with Gasteiger partial charge in [0.2, 0.25) is 0 Å². The Morgan fingerprint density at radius 3 is 2.62 bits per heavy atom. The largest absolute Gasteiger partial charge is 0.497 e. The third-order valence-corrected chi connectivity index (χ3v) is 7.15. The van der Waals surface area contributed by atoms with Crippen molar-refractivity contribution in [3.05, 3.63) is 64.4 Å². The number of methoxy groups -OCH3 is 1. The zero-order valence-corrected chi connectivity index (χ0v) is 18.0. The highest BCUT2D eigenvalue weighted by Crippen LogP contribution is 2.25. The predicted octanol–water partition coefficient (Wildman–Crippen LogP) is 5.15. The maximum Gasteiger partial charge on any atom is 0.268 e. The molecule has 1 aliphatic rings. The van der Waals surface area contributed by atoms with E-state index in [-0.39, 0.29) is 5.56 Å². The first-order valence-corrected chi connectivity index (χ1v) is 11.4. The van der Waals surface area contributed by atoms with Crippen LogP contribution in [0.1, 0.15) is 37.7 Å². The second-order valence-electron chi connectivity index (χ2n) is 8.06. The second-order valence-corrected chi connectivity index (χ2v) is 9.12. The first kappa shape index (κ1) is 20.2. The molecule has 0 unspecified atom stereocenters. The van der Waals surface area contributed by atoms with Crippen LogP contribution in [0, 0.1) is 5.92 Å². The number of aromatic nitrogens is 1. The summed E-state index contributed by atoms with van der Waals surface area (Å²) in [4.78, 5) is 15.2. The Kier molecular flexibility index (Phi) is 6.67. The van der Waals surface area contributed by atoms with Gasteiger partial charge in [-0.1, -0.05) is 54.7 Å². The van der Waals surface area contributed by atoms with Crippen LogP contribution in [0.3, 0.4) is 0 Å². The number of aryl methyl sites for hydroxylation is 1. The van der Waals surface area contributed by atoms with Crippen LogP contribution in [0.2, 0.25) is 0 Å². The third kappa shape index (κ3) is 5.09. The standard InChI is InChI=1S/C24H30N2O2S/c1-28-21-10-11-23-22(17-21)24(27)26(29-23)14-6-5-7-19-12-15-25(16-13-19)18-20-8-3-2-4-9-20/h2-4,8-11,17,19H,5-7,12-16,18H2,1H3. The van der Waals surface area contributed by atoms with E-state index < -0.39 is 0 Å². The second kappa shape index (κ2) is 9.59. The lowest BCUT2D eigenvalue weighted by molar-refractivity contribution is 0.170. The average Bonchev–Trinajstić information content (AvgIpc) is 3.08. The summed E-state index contributed by atoms with van der Waals surface area (Å²) in [5.41, 5.74) is 1.54. The molecule has 0 amide bonds. The number of rotatable bonds is 8. The Balaban J connectivity index is 1.20. The summed E-state index contributed by atoms with van der Waals surface area (Å²) in [6.45, 7) is 4.31. The molecule has 154 valence electrons. The topological polar surface area (TPSA) is 34.5 Å². The fourth-order valence-electron chi connectivity index (χ4n) is 4.29. The van der Waals surface area contributed by atoms with Gasteiger partial charge in [0.05, 0.1) is 17.2 Å². The number of hydrogen-bond acceptors (Lipinski definition) is 4. The summed E-state index contributed by atoms with van der Waals surface area (Å²) < 4.78 is 8.20. The molecule has 4 rings (SSSR count). The van der Waals surface area contributed by atoms with Gasteiger partial charge in [0, 0.05) is 13.1 Å². The number of hydrogen-bond donors (Lipinski definition) is 0. The van der Waals surface area contributed by atoms with Crippen LogP contribution in [0.15, 0.2) is 53.3 Å². The Morgan fingerprint density at radius 2 is 1.86 bits per heavy atom. The summed E-state index contributed by atoms with van der Waals surface area (Å²) in [7, 11) is 1.64. The molecule has 29 heavy (non-hydrogen) atoms. The molecule has 1 aliphatic heterocycles. The highest BCUT2D eigenvalue weighted by Gasteiger charge is 2.19. The summed E-state index contributed by atoms with van der Waals surface area (Å²) in [6, 6.07) is 16.5. The van der Waals surface area contributed by atoms with Crippen LogP contribution in [0.25, 0.3) is 10.1 Å². The van der Waals surface area contributed by atoms with E-state index in [1.807, 2.05) is 22.2 Å². The molecule has 0 atom stereocenters. The van der Waals surface area contributed by atoms with Gasteiger partial charge in [-0.05, 0) is 62.0 Å². The van der Waals surface area contributed by atoms with Crippen LogP contribution >= 0.6 is 11.5 Å². The van der Waals surface area contributed by atoms with Crippen molar-refractivity contribution in [3.63, 3.8) is 0 Å². The summed E-state index contributed by atoms with van der Waals surface area (Å²) >= 11 is 1.57. The van der Waals surface area contributed by atoms with Crippen LogP contribution in [-0.2, 0) is 13.1 Å². The van der Waals surface area contributed by atoms with Crippen LogP contribution < -0.4 is 10.3 Å². The highest BCUT2D eigenvalue weighted by atomic mass is 32.1. The molecule has 0 saturated carbocycles. The quantitative estimate of drug-likeness (QED) is 0.482. The molecule has 0 spiro atoms. The molecule has 0 radical (unpaired) electrons. The minimum absolute atomic E-state index is 0.123. The van der Waals surface area contributed by atoms with E-state index in [0.29, 0.717) is 0 Å². The van der Waals surface area contributed by atoms with E-state index in [1.54, 1.807) is 18.6 Å². The van der Waals surface area contributed by atoms with Crippen molar-refractivity contribution < 1.29 is 4.74 Å². The van der Waals surface area contributed by atoms with E-state index in [9.17, 15) is 4.79 Å². The van der Waals surface area contributed by atoms with Gasteiger partial charge in [-0.15, -0.1) is 0 Å². The van der Waals surface area contributed by atoms with Gasteiger partial charge >= 0.3 is 0 Å². The minimum Gasteiger partial charge on any atom is -0.497 e. The van der Waals surface area contributed by atoms with E-state index >= 15 is 0 Å². The minimum atomic E-state index is 0.123. The van der Waals surface area contributed by atoms with Gasteiger partial charge in [-0.25, -0.2) is 0 Å². The number of ether oxygens (including phenoxy) is 1. The smallest absolute Gasteiger partial charge is 0.268 e. The third-order valence-electron chi connectivity index (χ3n) is 6.03. The fourth-order valence-corrected chi connectivity index (χ4v) is 5.30. The fraction of sp³-hybridized carbons (Fsp3) is 0.458.